The molecule has 0 bridgehead atoms. The average Bonchev–Trinajstić information content (AvgIpc) is 3.44. The molecular formula is C46H33BN2O. The number of aromatic nitrogens is 1. The third kappa shape index (κ3) is 4.31. The van der Waals surface area contributed by atoms with Crippen LogP contribution in [-0.2, 0) is 0 Å². The molecule has 50 heavy (non-hydrogen) atoms. The second-order valence-corrected chi connectivity index (χ2v) is 13.4. The van der Waals surface area contributed by atoms with E-state index in [4.69, 9.17) is 4.74 Å². The van der Waals surface area contributed by atoms with Crippen molar-refractivity contribution in [3.8, 4) is 39.4 Å². The zero-order valence-electron chi connectivity index (χ0n) is 28.0. The first-order valence-corrected chi connectivity index (χ1v) is 17.3. The molecule has 8 aromatic rings. The summed E-state index contributed by atoms with van der Waals surface area (Å²) in [5.74, 6) is 1.82. The van der Waals surface area contributed by atoms with E-state index in [0.29, 0.717) is 0 Å². The molecule has 0 amide bonds. The van der Waals surface area contributed by atoms with Crippen LogP contribution in [0.4, 0.5) is 17.1 Å². The van der Waals surface area contributed by atoms with Crippen LogP contribution in [0.1, 0.15) is 11.3 Å². The molecule has 2 aliphatic rings. The van der Waals surface area contributed by atoms with Crippen molar-refractivity contribution in [2.45, 2.75) is 13.8 Å². The molecule has 0 unspecified atom stereocenters. The van der Waals surface area contributed by atoms with Gasteiger partial charge in [0.05, 0.1) is 0 Å². The van der Waals surface area contributed by atoms with Crippen molar-refractivity contribution in [2.24, 2.45) is 0 Å². The number of para-hydroxylation sites is 1. The molecule has 3 heterocycles. The van der Waals surface area contributed by atoms with Gasteiger partial charge in [0, 0.05) is 45.4 Å². The molecule has 0 atom stereocenters. The first kappa shape index (κ1) is 28.7. The summed E-state index contributed by atoms with van der Waals surface area (Å²) in [6.07, 6.45) is 0. The minimum atomic E-state index is 0.0904. The second-order valence-electron chi connectivity index (χ2n) is 13.4. The molecule has 0 fully saturated rings. The number of nitrogens with zero attached hydrogens (tertiary/aromatic N) is 2. The zero-order valence-corrected chi connectivity index (χ0v) is 28.0. The van der Waals surface area contributed by atoms with Gasteiger partial charge in [-0.25, -0.2) is 0 Å². The number of fused-ring (bicyclic) bond motifs is 4. The highest BCUT2D eigenvalue weighted by Gasteiger charge is 2.40. The Morgan fingerprint density at radius 1 is 0.500 bits per heavy atom. The molecule has 0 N–H and O–H groups in total. The van der Waals surface area contributed by atoms with E-state index in [0.717, 1.165) is 28.6 Å². The maximum absolute atomic E-state index is 6.86. The Balaban J connectivity index is 1.12. The number of rotatable bonds is 5. The highest BCUT2D eigenvalue weighted by atomic mass is 16.5. The van der Waals surface area contributed by atoms with E-state index >= 15 is 0 Å². The minimum Gasteiger partial charge on any atom is -0.458 e. The Hall–Kier alpha value is -6.26. The lowest BCUT2D eigenvalue weighted by Gasteiger charge is -2.34. The van der Waals surface area contributed by atoms with Gasteiger partial charge < -0.3 is 14.2 Å². The Bertz CT molecular complexity index is 2490. The molecule has 0 radical (unpaired) electrons. The highest BCUT2D eigenvalue weighted by molar-refractivity contribution is 6.99. The van der Waals surface area contributed by atoms with Crippen molar-refractivity contribution in [2.75, 3.05) is 4.90 Å². The van der Waals surface area contributed by atoms with Gasteiger partial charge in [0.25, 0.3) is 6.71 Å². The van der Waals surface area contributed by atoms with Crippen LogP contribution in [0.2, 0.25) is 0 Å². The van der Waals surface area contributed by atoms with Crippen molar-refractivity contribution >= 4 is 51.1 Å². The highest BCUT2D eigenvalue weighted by Crippen LogP contribution is 2.40. The van der Waals surface area contributed by atoms with Crippen LogP contribution in [-0.4, -0.2) is 11.3 Å². The topological polar surface area (TPSA) is 17.4 Å². The summed E-state index contributed by atoms with van der Waals surface area (Å²) >= 11 is 0. The lowest BCUT2D eigenvalue weighted by molar-refractivity contribution is 0.487. The summed E-state index contributed by atoms with van der Waals surface area (Å²) in [4.78, 5) is 2.33. The van der Waals surface area contributed by atoms with Gasteiger partial charge in [-0.3, -0.25) is 0 Å². The molecule has 4 heteroatoms. The van der Waals surface area contributed by atoms with E-state index < -0.39 is 0 Å². The maximum atomic E-state index is 6.86. The summed E-state index contributed by atoms with van der Waals surface area (Å²) in [5, 5.41) is 1.32. The van der Waals surface area contributed by atoms with Gasteiger partial charge in [0.2, 0.25) is 0 Å². The molecule has 0 saturated heterocycles. The van der Waals surface area contributed by atoms with Crippen LogP contribution in [0, 0.1) is 13.8 Å². The van der Waals surface area contributed by atoms with Crippen molar-refractivity contribution in [1.29, 1.82) is 0 Å². The third-order valence-electron chi connectivity index (χ3n) is 10.7. The van der Waals surface area contributed by atoms with Crippen LogP contribution in [0.25, 0.3) is 38.8 Å². The van der Waals surface area contributed by atoms with Gasteiger partial charge in [-0.2, -0.15) is 0 Å². The van der Waals surface area contributed by atoms with E-state index in [-0.39, 0.29) is 6.71 Å². The van der Waals surface area contributed by atoms with Crippen LogP contribution in [0.5, 0.6) is 11.5 Å². The Morgan fingerprint density at radius 2 is 1.08 bits per heavy atom. The second kappa shape index (κ2) is 11.1. The number of hydrogen-bond acceptors (Lipinski definition) is 2. The van der Waals surface area contributed by atoms with Crippen LogP contribution >= 0.6 is 0 Å². The largest absolute Gasteiger partial charge is 0.458 e. The zero-order chi connectivity index (χ0) is 33.3. The van der Waals surface area contributed by atoms with Gasteiger partial charge in [0.15, 0.2) is 0 Å². The molecule has 10 rings (SSSR count). The van der Waals surface area contributed by atoms with E-state index in [1.807, 2.05) is 0 Å². The first-order chi connectivity index (χ1) is 24.6. The molecule has 3 nitrogen and oxygen atoms in total. The fourth-order valence-electron chi connectivity index (χ4n) is 8.18. The number of benzene rings is 7. The molecule has 0 saturated carbocycles. The SMILES string of the molecule is Cc1c(C)n2c3c(cccc13)B1c3ccc(N(c4ccc(-c5ccccc5)cc4)c4ccc(-c5ccccc5)cc4)cc3Oc3cccc-2c31. The van der Waals surface area contributed by atoms with Crippen molar-refractivity contribution in [3.63, 3.8) is 0 Å². The van der Waals surface area contributed by atoms with Crippen LogP contribution in [0.15, 0.2) is 164 Å². The molecular weight excluding hydrogens is 607 g/mol. The molecule has 7 aromatic carbocycles. The van der Waals surface area contributed by atoms with Crippen LogP contribution in [0.3, 0.4) is 0 Å². The van der Waals surface area contributed by atoms with Crippen LogP contribution < -0.4 is 26.0 Å². The predicted molar refractivity (Wildman–Crippen MR) is 209 cm³/mol. The summed E-state index contributed by atoms with van der Waals surface area (Å²) in [6, 6.07) is 58.9. The lowest BCUT2D eigenvalue weighted by Crippen LogP contribution is -2.58. The van der Waals surface area contributed by atoms with Gasteiger partial charge in [-0.1, -0.05) is 115 Å². The van der Waals surface area contributed by atoms with E-state index in [1.165, 1.54) is 66.5 Å². The Morgan fingerprint density at radius 3 is 1.72 bits per heavy atom. The lowest BCUT2D eigenvalue weighted by atomic mass is 9.34. The smallest absolute Gasteiger partial charge is 0.256 e. The van der Waals surface area contributed by atoms with E-state index in [2.05, 4.69) is 187 Å². The summed E-state index contributed by atoms with van der Waals surface area (Å²) in [7, 11) is 0. The third-order valence-corrected chi connectivity index (χ3v) is 10.7. The quantitative estimate of drug-likeness (QED) is 0.174. The van der Waals surface area contributed by atoms with Gasteiger partial charge >= 0.3 is 0 Å². The van der Waals surface area contributed by atoms with Crippen molar-refractivity contribution < 1.29 is 4.74 Å². The summed E-state index contributed by atoms with van der Waals surface area (Å²) in [5.41, 5.74) is 16.9. The first-order valence-electron chi connectivity index (χ1n) is 17.3. The van der Waals surface area contributed by atoms with E-state index in [1.54, 1.807) is 0 Å². The normalized spacial score (nSPS) is 12.3. The van der Waals surface area contributed by atoms with Crippen molar-refractivity contribution in [3.05, 3.63) is 175 Å². The monoisotopic (exact) mass is 640 g/mol. The fraction of sp³-hybridized carbons (Fsp3) is 0.0435. The van der Waals surface area contributed by atoms with Gasteiger partial charge in [-0.15, -0.1) is 0 Å². The molecule has 1 aromatic heterocycles. The average molecular weight is 641 g/mol. The van der Waals surface area contributed by atoms with E-state index in [9.17, 15) is 0 Å². The Labute approximate surface area is 292 Å². The minimum absolute atomic E-state index is 0.0904. The Kier molecular flexibility index (Phi) is 6.41. The van der Waals surface area contributed by atoms with Gasteiger partial charge in [0.1, 0.15) is 11.5 Å². The summed E-state index contributed by atoms with van der Waals surface area (Å²) in [6.45, 7) is 4.56. The predicted octanol–water partition coefficient (Wildman–Crippen LogP) is 9.99. The number of ether oxygens (including phenoxy) is 1. The molecule has 236 valence electrons. The molecule has 2 aliphatic heterocycles. The number of anilines is 3. The molecule has 0 aliphatic carbocycles. The van der Waals surface area contributed by atoms with Crippen molar-refractivity contribution in [1.82, 2.24) is 4.57 Å². The molecule has 0 spiro atoms. The van der Waals surface area contributed by atoms with Gasteiger partial charge in [-0.05, 0) is 101 Å². The standard InChI is InChI=1S/C46H33BN2O/c1-30-31(2)48-42-17-10-18-43-45(42)47(41-16-9-15-39(30)46(41)48)40-28-27-38(29-44(40)50-43)49(36-23-19-34(20-24-36)32-11-5-3-6-12-32)37-25-21-35(22-26-37)33-13-7-4-8-14-33/h3-29H,1-2H3. The number of hydrogen-bond donors (Lipinski definition) is 0. The number of aryl methyl sites for hydroxylation is 1. The fourth-order valence-corrected chi connectivity index (χ4v) is 8.18. The summed E-state index contributed by atoms with van der Waals surface area (Å²) < 4.78 is 9.30. The maximum Gasteiger partial charge on any atom is 0.256 e.